The summed E-state index contributed by atoms with van der Waals surface area (Å²) in [7, 11) is -1.14. The van der Waals surface area contributed by atoms with Crippen molar-refractivity contribution in [3.05, 3.63) is 29.7 Å². The first kappa shape index (κ1) is 30.8. The lowest BCUT2D eigenvalue weighted by Gasteiger charge is -2.31. The van der Waals surface area contributed by atoms with Crippen molar-refractivity contribution in [3.8, 4) is 11.3 Å². The summed E-state index contributed by atoms with van der Waals surface area (Å²) in [4.78, 5) is 30.5. The molecule has 0 aliphatic heterocycles. The van der Waals surface area contributed by atoms with Crippen LogP contribution >= 0.6 is 0 Å². The van der Waals surface area contributed by atoms with Crippen LogP contribution in [0.5, 0.6) is 0 Å². The lowest BCUT2D eigenvalue weighted by molar-refractivity contribution is -0.119. The fraction of sp³-hybridized carbons (Fsp3) is 0.655. The maximum absolute atomic E-state index is 13.3. The Bertz CT molecular complexity index is 1110. The third-order valence-corrected chi connectivity index (χ3v) is 8.66. The van der Waals surface area contributed by atoms with Crippen molar-refractivity contribution in [2.45, 2.75) is 111 Å². The highest BCUT2D eigenvalue weighted by molar-refractivity contribution is 6.76. The number of nitrogens with zero attached hydrogens (tertiary/aromatic N) is 3. The molecule has 2 N–H and O–H groups in total. The van der Waals surface area contributed by atoms with Gasteiger partial charge in [0.2, 0.25) is 5.91 Å². The Labute approximate surface area is 234 Å². The van der Waals surface area contributed by atoms with Crippen LogP contribution in [0.4, 0.5) is 10.5 Å². The first-order valence-electron chi connectivity index (χ1n) is 14.1. The number of carbonyl (C=O) groups is 2. The van der Waals surface area contributed by atoms with Gasteiger partial charge in [-0.05, 0) is 71.6 Å². The van der Waals surface area contributed by atoms with Crippen molar-refractivity contribution in [2.24, 2.45) is 5.92 Å². The van der Waals surface area contributed by atoms with Crippen molar-refractivity contribution in [1.82, 2.24) is 20.1 Å². The molecule has 10 heteroatoms. The minimum Gasteiger partial charge on any atom is -0.444 e. The molecule has 39 heavy (non-hydrogen) atoms. The third-order valence-electron chi connectivity index (χ3n) is 6.95. The standard InChI is InChI=1S/C29H47N5O4Si/c1-20-25(21(2)34(33-20)19-37-16-17-39(6,7)8)24-15-14-23(18-30-24)31-27(35)26(22-12-10-9-11-13-22)32-28(36)38-29(3,4)5/h14-15,18,22,26H,9-13,16-17,19H2,1-8H3,(H,31,35)(H,32,36)/t26-/m0/s1. The summed E-state index contributed by atoms with van der Waals surface area (Å²) in [6.45, 7) is 17.6. The SMILES string of the molecule is Cc1nn(COCC[Si](C)(C)C)c(C)c1-c1ccc(NC(=O)[C@@H](NC(=O)OC(C)(C)C)C2CCCCC2)cn1. The normalized spacial score (nSPS) is 15.6. The number of alkyl carbamates (subject to hydrolysis) is 1. The second-order valence-corrected chi connectivity index (χ2v) is 18.5. The summed E-state index contributed by atoms with van der Waals surface area (Å²) in [5, 5.41) is 10.5. The molecule has 1 atom stereocenters. The molecule has 9 nitrogen and oxygen atoms in total. The molecular weight excluding hydrogens is 510 g/mol. The fourth-order valence-electron chi connectivity index (χ4n) is 4.86. The fourth-order valence-corrected chi connectivity index (χ4v) is 5.61. The Kier molecular flexibility index (Phi) is 10.3. The number of pyridine rings is 1. The number of nitrogens with one attached hydrogen (secondary N) is 2. The highest BCUT2D eigenvalue weighted by atomic mass is 28.3. The van der Waals surface area contributed by atoms with E-state index in [1.165, 1.54) is 0 Å². The molecule has 2 heterocycles. The van der Waals surface area contributed by atoms with Gasteiger partial charge >= 0.3 is 6.09 Å². The molecule has 2 amide bonds. The minimum absolute atomic E-state index is 0.0719. The topological polar surface area (TPSA) is 107 Å². The smallest absolute Gasteiger partial charge is 0.408 e. The molecule has 216 valence electrons. The van der Waals surface area contributed by atoms with Gasteiger partial charge in [-0.1, -0.05) is 38.9 Å². The van der Waals surface area contributed by atoms with E-state index in [4.69, 9.17) is 9.47 Å². The van der Waals surface area contributed by atoms with Crippen molar-refractivity contribution >= 4 is 25.8 Å². The van der Waals surface area contributed by atoms with E-state index in [2.05, 4.69) is 40.4 Å². The Balaban J connectivity index is 1.68. The molecule has 3 rings (SSSR count). The highest BCUT2D eigenvalue weighted by Crippen LogP contribution is 2.29. The van der Waals surface area contributed by atoms with E-state index in [1.807, 2.05) is 51.4 Å². The van der Waals surface area contributed by atoms with Gasteiger partial charge in [0.15, 0.2) is 0 Å². The zero-order chi connectivity index (χ0) is 28.8. The Hall–Kier alpha value is -2.72. The molecule has 2 aromatic heterocycles. The van der Waals surface area contributed by atoms with Gasteiger partial charge in [0.1, 0.15) is 18.4 Å². The van der Waals surface area contributed by atoms with Gasteiger partial charge in [0, 0.05) is 25.9 Å². The summed E-state index contributed by atoms with van der Waals surface area (Å²) in [6.07, 6.45) is 6.13. The molecule has 0 unspecified atom stereocenters. The summed E-state index contributed by atoms with van der Waals surface area (Å²) in [5.74, 6) is -0.180. The molecule has 0 bridgehead atoms. The summed E-state index contributed by atoms with van der Waals surface area (Å²) in [5.41, 5.74) is 3.56. The molecule has 0 aromatic carbocycles. The third kappa shape index (κ3) is 9.46. The lowest BCUT2D eigenvalue weighted by atomic mass is 9.83. The molecule has 1 fully saturated rings. The largest absolute Gasteiger partial charge is 0.444 e. The van der Waals surface area contributed by atoms with Gasteiger partial charge in [-0.25, -0.2) is 9.48 Å². The summed E-state index contributed by atoms with van der Waals surface area (Å²) >= 11 is 0. The van der Waals surface area contributed by atoms with Crippen molar-refractivity contribution in [1.29, 1.82) is 0 Å². The predicted octanol–water partition coefficient (Wildman–Crippen LogP) is 6.29. The number of hydrogen-bond donors (Lipinski definition) is 2. The number of aromatic nitrogens is 3. The lowest BCUT2D eigenvalue weighted by Crippen LogP contribution is -2.50. The number of amides is 2. The summed E-state index contributed by atoms with van der Waals surface area (Å²) < 4.78 is 13.2. The number of hydrogen-bond acceptors (Lipinski definition) is 6. The van der Waals surface area contributed by atoms with Crippen LogP contribution in [0, 0.1) is 19.8 Å². The molecule has 2 aromatic rings. The minimum atomic E-state index is -1.14. The number of rotatable bonds is 10. The molecule has 0 radical (unpaired) electrons. The van der Waals surface area contributed by atoms with Gasteiger partial charge in [0.25, 0.3) is 0 Å². The van der Waals surface area contributed by atoms with Crippen molar-refractivity contribution in [3.63, 3.8) is 0 Å². The van der Waals surface area contributed by atoms with Crippen LogP contribution in [0.15, 0.2) is 18.3 Å². The first-order chi connectivity index (χ1) is 18.2. The summed E-state index contributed by atoms with van der Waals surface area (Å²) in [6, 6.07) is 4.18. The van der Waals surface area contributed by atoms with Crippen LogP contribution in [-0.4, -0.2) is 53.1 Å². The van der Waals surface area contributed by atoms with E-state index in [0.29, 0.717) is 12.4 Å². The van der Waals surface area contributed by atoms with Crippen LogP contribution in [0.3, 0.4) is 0 Å². The van der Waals surface area contributed by atoms with E-state index in [-0.39, 0.29) is 11.8 Å². The van der Waals surface area contributed by atoms with Crippen LogP contribution in [0.2, 0.25) is 25.7 Å². The number of aryl methyl sites for hydroxylation is 1. The van der Waals surface area contributed by atoms with Crippen molar-refractivity contribution < 1.29 is 19.1 Å². The van der Waals surface area contributed by atoms with Gasteiger partial charge < -0.3 is 20.1 Å². The maximum Gasteiger partial charge on any atom is 0.408 e. The van der Waals surface area contributed by atoms with Gasteiger partial charge in [0.05, 0.1) is 23.3 Å². The Morgan fingerprint density at radius 3 is 2.41 bits per heavy atom. The second kappa shape index (κ2) is 13.1. The van der Waals surface area contributed by atoms with Crippen LogP contribution in [-0.2, 0) is 21.0 Å². The molecule has 1 aliphatic rings. The van der Waals surface area contributed by atoms with Gasteiger partial charge in [-0.2, -0.15) is 5.10 Å². The van der Waals surface area contributed by atoms with Crippen LogP contribution < -0.4 is 10.6 Å². The molecular formula is C29H47N5O4Si. The monoisotopic (exact) mass is 557 g/mol. The quantitative estimate of drug-likeness (QED) is 0.263. The Morgan fingerprint density at radius 1 is 1.13 bits per heavy atom. The van der Waals surface area contributed by atoms with E-state index < -0.39 is 25.8 Å². The zero-order valence-corrected chi connectivity index (χ0v) is 26.0. The second-order valence-electron chi connectivity index (χ2n) is 12.8. The Morgan fingerprint density at radius 2 is 1.82 bits per heavy atom. The van der Waals surface area contributed by atoms with Gasteiger partial charge in [-0.3, -0.25) is 9.78 Å². The van der Waals surface area contributed by atoms with Crippen LogP contribution in [0.25, 0.3) is 11.3 Å². The number of ether oxygens (including phenoxy) is 2. The molecule has 1 saturated carbocycles. The maximum atomic E-state index is 13.3. The van der Waals surface area contributed by atoms with E-state index in [0.717, 1.165) is 67.4 Å². The molecule has 1 aliphatic carbocycles. The predicted molar refractivity (Wildman–Crippen MR) is 157 cm³/mol. The first-order valence-corrected chi connectivity index (χ1v) is 17.8. The molecule has 0 saturated heterocycles. The van der Waals surface area contributed by atoms with E-state index in [1.54, 1.807) is 6.20 Å². The molecule has 0 spiro atoms. The van der Waals surface area contributed by atoms with Gasteiger partial charge in [-0.15, -0.1) is 0 Å². The average Bonchev–Trinajstić information content (AvgIpc) is 3.12. The van der Waals surface area contributed by atoms with E-state index in [9.17, 15) is 9.59 Å². The zero-order valence-electron chi connectivity index (χ0n) is 25.0. The highest BCUT2D eigenvalue weighted by Gasteiger charge is 2.32. The number of anilines is 1. The average molecular weight is 558 g/mol. The number of carbonyl (C=O) groups excluding carboxylic acids is 2. The van der Waals surface area contributed by atoms with Crippen LogP contribution in [0.1, 0.15) is 64.3 Å². The van der Waals surface area contributed by atoms with Crippen molar-refractivity contribution in [2.75, 3.05) is 11.9 Å². The van der Waals surface area contributed by atoms with E-state index >= 15 is 0 Å².